The number of aromatic nitrogens is 1. The Hall–Kier alpha value is -2.99. The highest BCUT2D eigenvalue weighted by atomic mass is 35.5. The van der Waals surface area contributed by atoms with Gasteiger partial charge in [-0.1, -0.05) is 29.8 Å². The van der Waals surface area contributed by atoms with Gasteiger partial charge in [0, 0.05) is 35.6 Å². The summed E-state index contributed by atoms with van der Waals surface area (Å²) in [6, 6.07) is 13.0. The number of hydrogen-bond donors (Lipinski definition) is 2. The van der Waals surface area contributed by atoms with Crippen LogP contribution in [0.5, 0.6) is 5.75 Å². The molecule has 0 radical (unpaired) electrons. The Bertz CT molecular complexity index is 1010. The molecule has 0 bridgehead atoms. The molecule has 0 saturated heterocycles. The minimum Gasteiger partial charge on any atom is -0.494 e. The van der Waals surface area contributed by atoms with Crippen molar-refractivity contribution in [3.63, 3.8) is 0 Å². The lowest BCUT2D eigenvalue weighted by molar-refractivity contribution is -0.122. The summed E-state index contributed by atoms with van der Waals surface area (Å²) in [5.74, 6) is 0.0917. The van der Waals surface area contributed by atoms with Crippen LogP contribution >= 0.6 is 11.6 Å². The fraction of sp³-hybridized carbons (Fsp3) is 0.238. The molecule has 3 aromatic rings. The summed E-state index contributed by atoms with van der Waals surface area (Å²) >= 11 is 5.98. The van der Waals surface area contributed by atoms with Gasteiger partial charge in [-0.25, -0.2) is 0 Å². The van der Waals surface area contributed by atoms with Crippen molar-refractivity contribution >= 4 is 34.3 Å². The van der Waals surface area contributed by atoms with Crippen molar-refractivity contribution in [3.05, 3.63) is 64.8 Å². The van der Waals surface area contributed by atoms with Gasteiger partial charge in [-0.15, -0.1) is 0 Å². The lowest BCUT2D eigenvalue weighted by atomic mass is 10.2. The molecule has 146 valence electrons. The van der Waals surface area contributed by atoms with E-state index in [1.807, 2.05) is 48.9 Å². The molecule has 0 aliphatic carbocycles. The van der Waals surface area contributed by atoms with Crippen LogP contribution in [0.3, 0.4) is 0 Å². The molecular formula is C21H22ClN3O3. The van der Waals surface area contributed by atoms with Gasteiger partial charge in [0.15, 0.2) is 0 Å². The predicted octanol–water partition coefficient (Wildman–Crippen LogP) is 3.76. The van der Waals surface area contributed by atoms with E-state index in [1.165, 1.54) is 0 Å². The third kappa shape index (κ3) is 4.64. The molecule has 2 aromatic carbocycles. The molecule has 0 fully saturated rings. The van der Waals surface area contributed by atoms with Crippen LogP contribution in [0, 0.1) is 6.92 Å². The summed E-state index contributed by atoms with van der Waals surface area (Å²) in [6.45, 7) is 2.30. The van der Waals surface area contributed by atoms with Crippen LogP contribution in [-0.2, 0) is 11.8 Å². The quantitative estimate of drug-likeness (QED) is 0.489. The number of nitrogens with one attached hydrogen (secondary N) is 2. The molecule has 3 rings (SSSR count). The molecule has 0 unspecified atom stereocenters. The Morgan fingerprint density at radius 3 is 2.71 bits per heavy atom. The number of aryl methyl sites for hydroxylation is 2. The first-order valence-corrected chi connectivity index (χ1v) is 9.35. The summed E-state index contributed by atoms with van der Waals surface area (Å²) in [5, 5.41) is 1.53. The number of halogens is 1. The Morgan fingerprint density at radius 2 is 1.93 bits per heavy atom. The number of carbonyl (C=O) groups excluding carboxylic acids is 2. The van der Waals surface area contributed by atoms with Gasteiger partial charge in [0.25, 0.3) is 5.91 Å². The highest BCUT2D eigenvalue weighted by molar-refractivity contribution is 6.31. The molecule has 0 spiro atoms. The number of benzene rings is 2. The zero-order chi connectivity index (χ0) is 20.1. The zero-order valence-electron chi connectivity index (χ0n) is 15.8. The first kappa shape index (κ1) is 19.8. The number of rotatable bonds is 6. The normalized spacial score (nSPS) is 10.7. The van der Waals surface area contributed by atoms with E-state index in [-0.39, 0.29) is 18.2 Å². The summed E-state index contributed by atoms with van der Waals surface area (Å²) in [6.07, 6.45) is 2.51. The van der Waals surface area contributed by atoms with E-state index in [9.17, 15) is 9.59 Å². The number of fused-ring (bicyclic) bond motifs is 1. The van der Waals surface area contributed by atoms with E-state index in [0.717, 1.165) is 16.5 Å². The summed E-state index contributed by atoms with van der Waals surface area (Å²) in [4.78, 5) is 24.3. The maximum Gasteiger partial charge on any atom is 0.271 e. The van der Waals surface area contributed by atoms with Crippen molar-refractivity contribution in [1.82, 2.24) is 15.4 Å². The number of amides is 2. The average Bonchev–Trinajstić information content (AvgIpc) is 3.03. The topological polar surface area (TPSA) is 72.4 Å². The Kier molecular flexibility index (Phi) is 6.21. The molecule has 0 aliphatic rings. The largest absolute Gasteiger partial charge is 0.494 e. The van der Waals surface area contributed by atoms with Gasteiger partial charge in [0.2, 0.25) is 5.91 Å². The van der Waals surface area contributed by atoms with Gasteiger partial charge in [-0.05, 0) is 43.2 Å². The fourth-order valence-electron chi connectivity index (χ4n) is 2.91. The van der Waals surface area contributed by atoms with Gasteiger partial charge in [-0.3, -0.25) is 20.4 Å². The van der Waals surface area contributed by atoms with E-state index >= 15 is 0 Å². The standard InChI is InChI=1S/C21H22ClN3O3/c1-14-12-15(9-10-18(14)22)28-11-5-8-20(26)23-24-21(27)17-13-25(2)19-7-4-3-6-16(17)19/h3-4,6-7,9-10,12-13H,5,8,11H2,1-2H3,(H,23,26)(H,24,27). The summed E-state index contributed by atoms with van der Waals surface area (Å²) in [7, 11) is 1.87. The third-order valence-corrected chi connectivity index (χ3v) is 4.83. The van der Waals surface area contributed by atoms with Gasteiger partial charge in [0.05, 0.1) is 12.2 Å². The monoisotopic (exact) mass is 399 g/mol. The van der Waals surface area contributed by atoms with Crippen LogP contribution in [0.1, 0.15) is 28.8 Å². The summed E-state index contributed by atoms with van der Waals surface area (Å²) < 4.78 is 7.49. The van der Waals surface area contributed by atoms with E-state index in [4.69, 9.17) is 16.3 Å². The van der Waals surface area contributed by atoms with Crippen LogP contribution in [-0.4, -0.2) is 23.0 Å². The van der Waals surface area contributed by atoms with Gasteiger partial charge in [-0.2, -0.15) is 0 Å². The highest BCUT2D eigenvalue weighted by Gasteiger charge is 2.14. The second kappa shape index (κ2) is 8.80. The Morgan fingerprint density at radius 1 is 1.14 bits per heavy atom. The zero-order valence-corrected chi connectivity index (χ0v) is 16.5. The average molecular weight is 400 g/mol. The number of nitrogens with zero attached hydrogens (tertiary/aromatic N) is 1. The van der Waals surface area contributed by atoms with E-state index in [0.29, 0.717) is 29.4 Å². The van der Waals surface area contributed by atoms with Crippen LogP contribution in [0.4, 0.5) is 0 Å². The maximum atomic E-state index is 12.4. The maximum absolute atomic E-state index is 12.4. The lowest BCUT2D eigenvalue weighted by Crippen LogP contribution is -2.41. The van der Waals surface area contributed by atoms with Crippen LogP contribution in [0.15, 0.2) is 48.7 Å². The second-order valence-electron chi connectivity index (χ2n) is 6.54. The van der Waals surface area contributed by atoms with Crippen molar-refractivity contribution in [3.8, 4) is 5.75 Å². The predicted molar refractivity (Wildman–Crippen MR) is 109 cm³/mol. The molecule has 2 N–H and O–H groups in total. The first-order chi connectivity index (χ1) is 13.5. The van der Waals surface area contributed by atoms with Crippen LogP contribution < -0.4 is 15.6 Å². The van der Waals surface area contributed by atoms with E-state index in [1.54, 1.807) is 18.3 Å². The van der Waals surface area contributed by atoms with Gasteiger partial charge >= 0.3 is 0 Å². The Balaban J connectivity index is 1.43. The molecular weight excluding hydrogens is 378 g/mol. The molecule has 1 heterocycles. The van der Waals surface area contributed by atoms with E-state index < -0.39 is 0 Å². The lowest BCUT2D eigenvalue weighted by Gasteiger charge is -2.09. The second-order valence-corrected chi connectivity index (χ2v) is 6.94. The smallest absolute Gasteiger partial charge is 0.271 e. The number of ether oxygens (including phenoxy) is 1. The van der Waals surface area contributed by atoms with Crippen molar-refractivity contribution in [2.75, 3.05) is 6.61 Å². The number of carbonyl (C=O) groups is 2. The number of hydrogen-bond acceptors (Lipinski definition) is 3. The minimum absolute atomic E-state index is 0.238. The van der Waals surface area contributed by atoms with Gasteiger partial charge in [0.1, 0.15) is 5.75 Å². The molecule has 1 aromatic heterocycles. The third-order valence-electron chi connectivity index (χ3n) is 4.40. The number of hydrazine groups is 1. The highest BCUT2D eigenvalue weighted by Crippen LogP contribution is 2.21. The molecule has 6 nitrogen and oxygen atoms in total. The van der Waals surface area contributed by atoms with Crippen molar-refractivity contribution in [1.29, 1.82) is 0 Å². The van der Waals surface area contributed by atoms with E-state index in [2.05, 4.69) is 10.9 Å². The van der Waals surface area contributed by atoms with Crippen molar-refractivity contribution in [2.24, 2.45) is 7.05 Å². The molecule has 0 saturated carbocycles. The molecule has 0 atom stereocenters. The van der Waals surface area contributed by atoms with Crippen LogP contribution in [0.25, 0.3) is 10.9 Å². The van der Waals surface area contributed by atoms with Crippen molar-refractivity contribution < 1.29 is 14.3 Å². The molecule has 2 amide bonds. The molecule has 28 heavy (non-hydrogen) atoms. The molecule has 0 aliphatic heterocycles. The minimum atomic E-state index is -0.349. The SMILES string of the molecule is Cc1cc(OCCCC(=O)NNC(=O)c2cn(C)c3ccccc23)ccc1Cl. The van der Waals surface area contributed by atoms with Crippen LogP contribution in [0.2, 0.25) is 5.02 Å². The molecule has 7 heteroatoms. The Labute approximate surface area is 168 Å². The summed E-state index contributed by atoms with van der Waals surface area (Å²) in [5.41, 5.74) is 7.32. The fourth-order valence-corrected chi connectivity index (χ4v) is 3.03. The van der Waals surface area contributed by atoms with Crippen molar-refractivity contribution in [2.45, 2.75) is 19.8 Å². The first-order valence-electron chi connectivity index (χ1n) is 8.98. The number of para-hydroxylation sites is 1. The van der Waals surface area contributed by atoms with Gasteiger partial charge < -0.3 is 9.30 Å².